The van der Waals surface area contributed by atoms with Gasteiger partial charge in [-0.2, -0.15) is 0 Å². The summed E-state index contributed by atoms with van der Waals surface area (Å²) in [7, 11) is -1.88. The van der Waals surface area contributed by atoms with E-state index in [1.165, 1.54) is 20.5 Å². The summed E-state index contributed by atoms with van der Waals surface area (Å²) in [5.41, 5.74) is 7.69. The predicted octanol–water partition coefficient (Wildman–Crippen LogP) is 5.15. The Kier molecular flexibility index (Phi) is 9.81. The van der Waals surface area contributed by atoms with Crippen molar-refractivity contribution in [2.24, 2.45) is 11.7 Å². The number of nitrogens with one attached hydrogen (secondary N) is 1. The summed E-state index contributed by atoms with van der Waals surface area (Å²) in [6.07, 6.45) is 9.62. The number of likely N-dealkylation sites (tertiary alicyclic amines) is 1. The minimum atomic E-state index is -3.69. The minimum Gasteiger partial charge on any atom is -0.386 e. The molecule has 1 saturated heterocycles. The number of sulfonamides is 1. The lowest BCUT2D eigenvalue weighted by molar-refractivity contribution is -0.123. The molecule has 0 atom stereocenters. The Bertz CT molecular complexity index is 1380. The van der Waals surface area contributed by atoms with Gasteiger partial charge in [-0.25, -0.2) is 13.4 Å². The average molecular weight is 588 g/mol. The third kappa shape index (κ3) is 7.08. The molecule has 1 amide bonds. The highest BCUT2D eigenvalue weighted by Crippen LogP contribution is 2.36. The zero-order valence-corrected chi connectivity index (χ0v) is 25.1. The first kappa shape index (κ1) is 29.3. The summed E-state index contributed by atoms with van der Waals surface area (Å²) in [6, 6.07) is 8.83. The molecular weight excluding hydrogens is 551 g/mol. The van der Waals surface area contributed by atoms with Crippen LogP contribution in [0.4, 0.5) is 11.4 Å². The number of amides is 1. The fraction of sp³-hybridized carbons (Fsp3) is 0.429. The van der Waals surface area contributed by atoms with Crippen LogP contribution in [0.5, 0.6) is 0 Å². The molecule has 3 N–H and O–H groups in total. The maximum atomic E-state index is 13.5. The van der Waals surface area contributed by atoms with Crippen LogP contribution in [0.2, 0.25) is 0 Å². The summed E-state index contributed by atoms with van der Waals surface area (Å²) < 4.78 is 28.8. The number of nitrogens with two attached hydrogens (primary N) is 1. The number of aryl methyl sites for hydroxylation is 1. The van der Waals surface area contributed by atoms with E-state index in [1.54, 1.807) is 28.8 Å². The Morgan fingerprint density at radius 1 is 1.23 bits per heavy atom. The van der Waals surface area contributed by atoms with Crippen molar-refractivity contribution in [1.82, 2.24) is 9.88 Å². The quantitative estimate of drug-likeness (QED) is 0.303. The molecule has 11 heteroatoms. The third-order valence-corrected chi connectivity index (χ3v) is 11.3. The van der Waals surface area contributed by atoms with E-state index in [1.807, 2.05) is 57.4 Å². The maximum Gasteiger partial charge on any atom is 0.274 e. The lowest BCUT2D eigenvalue weighted by Crippen LogP contribution is -2.39. The number of thiophene rings is 1. The van der Waals surface area contributed by atoms with Gasteiger partial charge in [0.1, 0.15) is 9.22 Å². The van der Waals surface area contributed by atoms with Crippen molar-refractivity contribution in [3.63, 3.8) is 0 Å². The van der Waals surface area contributed by atoms with Crippen LogP contribution in [-0.4, -0.2) is 56.9 Å². The number of para-hydroxylation sites is 1. The summed E-state index contributed by atoms with van der Waals surface area (Å²) in [5, 5.41) is 5.91. The lowest BCUT2D eigenvalue weighted by Gasteiger charge is -2.30. The minimum absolute atomic E-state index is 0.0278. The molecule has 8 nitrogen and oxygen atoms in total. The summed E-state index contributed by atoms with van der Waals surface area (Å²) in [5.74, 6) is -0.144. The number of carbonyl (C=O) groups excluding carboxylic acids is 1. The second kappa shape index (κ2) is 13.1. The zero-order valence-electron chi connectivity index (χ0n) is 22.7. The molecule has 0 spiro atoms. The fourth-order valence-electron chi connectivity index (χ4n) is 4.94. The van der Waals surface area contributed by atoms with Gasteiger partial charge in [0.05, 0.1) is 11.4 Å². The standard InChI is InChI=1S/C28H37N5O3S3/c1-20(2)33(39(35,36)26-10-6-18-37-26)24-9-4-7-21(27(24)30-3)11-12-25-31-19-23(38-25)8-5-15-32-16-13-22(14-17-32)28(29)34/h4,6-7,9-12,18-20,22,30H,5,8,13-17H2,1-3H3,(H2,29,34)/b12-11+. The highest BCUT2D eigenvalue weighted by Gasteiger charge is 2.30. The topological polar surface area (TPSA) is 109 Å². The number of anilines is 2. The lowest BCUT2D eigenvalue weighted by atomic mass is 9.96. The first-order valence-electron chi connectivity index (χ1n) is 13.2. The first-order valence-corrected chi connectivity index (χ1v) is 16.4. The molecule has 0 unspecified atom stereocenters. The molecule has 4 rings (SSSR count). The average Bonchev–Trinajstić information content (AvgIpc) is 3.61. The van der Waals surface area contributed by atoms with E-state index in [9.17, 15) is 13.2 Å². The summed E-state index contributed by atoms with van der Waals surface area (Å²) in [4.78, 5) is 19.6. The monoisotopic (exact) mass is 587 g/mol. The van der Waals surface area contributed by atoms with Crippen LogP contribution in [0.25, 0.3) is 12.2 Å². The molecule has 1 aliphatic heterocycles. The molecule has 1 aliphatic rings. The van der Waals surface area contributed by atoms with Gasteiger partial charge in [-0.05, 0) is 94.4 Å². The number of thiazole rings is 1. The molecule has 0 aliphatic carbocycles. The van der Waals surface area contributed by atoms with Crippen molar-refractivity contribution in [2.75, 3.05) is 36.3 Å². The van der Waals surface area contributed by atoms with Crippen LogP contribution >= 0.6 is 22.7 Å². The van der Waals surface area contributed by atoms with Crippen LogP contribution in [0.3, 0.4) is 0 Å². The van der Waals surface area contributed by atoms with Gasteiger partial charge in [0.15, 0.2) is 0 Å². The van der Waals surface area contributed by atoms with E-state index in [4.69, 9.17) is 5.73 Å². The van der Waals surface area contributed by atoms with Gasteiger partial charge >= 0.3 is 0 Å². The maximum absolute atomic E-state index is 13.5. The molecule has 0 saturated carbocycles. The fourth-order valence-corrected chi connectivity index (χ4v) is 8.55. The van der Waals surface area contributed by atoms with E-state index in [0.29, 0.717) is 9.90 Å². The van der Waals surface area contributed by atoms with Crippen molar-refractivity contribution in [3.05, 3.63) is 57.4 Å². The Balaban J connectivity index is 1.43. The number of piperidine rings is 1. The highest BCUT2D eigenvalue weighted by molar-refractivity contribution is 7.94. The van der Waals surface area contributed by atoms with Crippen molar-refractivity contribution in [2.45, 2.75) is 49.8 Å². The number of carbonyl (C=O) groups is 1. The Morgan fingerprint density at radius 2 is 2.00 bits per heavy atom. The molecule has 3 heterocycles. The van der Waals surface area contributed by atoms with Crippen LogP contribution in [0.15, 0.2) is 46.1 Å². The van der Waals surface area contributed by atoms with Crippen molar-refractivity contribution in [3.8, 4) is 0 Å². The Hall–Kier alpha value is -2.73. The van der Waals surface area contributed by atoms with Crippen molar-refractivity contribution in [1.29, 1.82) is 0 Å². The molecule has 1 aromatic carbocycles. The number of hydrogen-bond donors (Lipinski definition) is 2. The molecule has 0 radical (unpaired) electrons. The van der Waals surface area contributed by atoms with Gasteiger partial charge < -0.3 is 16.0 Å². The molecule has 1 fully saturated rings. The van der Waals surface area contributed by atoms with E-state index < -0.39 is 10.0 Å². The largest absolute Gasteiger partial charge is 0.386 e. The van der Waals surface area contributed by atoms with E-state index in [2.05, 4.69) is 15.2 Å². The molecule has 210 valence electrons. The van der Waals surface area contributed by atoms with Gasteiger partial charge in [0, 0.05) is 30.1 Å². The van der Waals surface area contributed by atoms with Gasteiger partial charge in [-0.3, -0.25) is 9.10 Å². The van der Waals surface area contributed by atoms with Gasteiger partial charge in [0.25, 0.3) is 10.0 Å². The van der Waals surface area contributed by atoms with Gasteiger partial charge in [-0.15, -0.1) is 22.7 Å². The third-order valence-electron chi connectivity index (χ3n) is 6.90. The Labute approximate surface area is 239 Å². The highest BCUT2D eigenvalue weighted by atomic mass is 32.2. The normalized spacial score (nSPS) is 15.3. The summed E-state index contributed by atoms with van der Waals surface area (Å²) >= 11 is 2.89. The number of aromatic nitrogens is 1. The van der Waals surface area contributed by atoms with Gasteiger partial charge in [-0.1, -0.05) is 18.2 Å². The molecular formula is C28H37N5O3S3. The number of benzene rings is 1. The van der Waals surface area contributed by atoms with Crippen molar-refractivity contribution >= 4 is 62.1 Å². The van der Waals surface area contributed by atoms with Crippen LogP contribution < -0.4 is 15.4 Å². The second-order valence-electron chi connectivity index (χ2n) is 9.94. The molecule has 39 heavy (non-hydrogen) atoms. The number of primary amides is 1. The molecule has 2 aromatic heterocycles. The number of rotatable bonds is 12. The first-order chi connectivity index (χ1) is 18.7. The SMILES string of the molecule is CNc1c(/C=C/c2ncc(CCCN3CCC(C(N)=O)CC3)s2)cccc1N(C(C)C)S(=O)(=O)c1cccs1. The molecule has 3 aromatic rings. The van der Waals surface area contributed by atoms with E-state index in [-0.39, 0.29) is 17.9 Å². The zero-order chi connectivity index (χ0) is 28.0. The smallest absolute Gasteiger partial charge is 0.274 e. The molecule has 0 bridgehead atoms. The van der Waals surface area contributed by atoms with Crippen LogP contribution in [-0.2, 0) is 21.2 Å². The second-order valence-corrected chi connectivity index (χ2v) is 14.1. The predicted molar refractivity (Wildman–Crippen MR) is 163 cm³/mol. The summed E-state index contributed by atoms with van der Waals surface area (Å²) in [6.45, 7) is 6.63. The van der Waals surface area contributed by atoms with Crippen molar-refractivity contribution < 1.29 is 13.2 Å². The van der Waals surface area contributed by atoms with Crippen LogP contribution in [0, 0.1) is 5.92 Å². The Morgan fingerprint density at radius 3 is 2.64 bits per heavy atom. The van der Waals surface area contributed by atoms with Crippen LogP contribution in [0.1, 0.15) is 48.6 Å². The van der Waals surface area contributed by atoms with E-state index in [0.717, 1.165) is 61.6 Å². The number of nitrogens with zero attached hydrogens (tertiary/aromatic N) is 3. The van der Waals surface area contributed by atoms with Gasteiger partial charge in [0.2, 0.25) is 5.91 Å². The number of hydrogen-bond acceptors (Lipinski definition) is 8. The van der Waals surface area contributed by atoms with E-state index >= 15 is 0 Å².